The molecule has 11 heteroatoms. The number of halogens is 2. The number of carbonyl (C=O) groups is 2. The van der Waals surface area contributed by atoms with Crippen LogP contribution in [0.3, 0.4) is 0 Å². The van der Waals surface area contributed by atoms with E-state index < -0.39 is 23.8 Å². The summed E-state index contributed by atoms with van der Waals surface area (Å²) in [5.74, 6) is -2.69. The van der Waals surface area contributed by atoms with Gasteiger partial charge in [0.25, 0.3) is 5.91 Å². The maximum absolute atomic E-state index is 14.2. The average Bonchev–Trinajstić information content (AvgIpc) is 3.38. The number of H-pyrrole nitrogens is 1. The number of amides is 1. The van der Waals surface area contributed by atoms with Gasteiger partial charge in [-0.1, -0.05) is 35.9 Å². The first-order valence-corrected chi connectivity index (χ1v) is 11.8. The van der Waals surface area contributed by atoms with Gasteiger partial charge in [0.1, 0.15) is 5.82 Å². The van der Waals surface area contributed by atoms with Crippen molar-refractivity contribution in [1.29, 1.82) is 0 Å². The van der Waals surface area contributed by atoms with Crippen molar-refractivity contribution in [1.82, 2.24) is 25.6 Å². The Morgan fingerprint density at radius 3 is 2.61 bits per heavy atom. The van der Waals surface area contributed by atoms with Crippen LogP contribution in [0.15, 0.2) is 48.7 Å². The zero-order valence-corrected chi connectivity index (χ0v) is 20.8. The number of benzene rings is 2. The second kappa shape index (κ2) is 13.1. The van der Waals surface area contributed by atoms with Crippen molar-refractivity contribution >= 4 is 23.5 Å². The van der Waals surface area contributed by atoms with Gasteiger partial charge in [0.15, 0.2) is 5.69 Å². The minimum Gasteiger partial charge on any atom is -0.481 e. The number of nitrogens with zero attached hydrogens (tertiary/aromatic N) is 3. The standard InChI is InChI=1S/C25H29ClFN5O4/c1-32(2)9-10-36-15-18(25(34)35)12-20(29-24(33)23-14-28-31-30-23)11-16-3-5-17(6-4-16)21-13-19(26)7-8-22(21)27/h3-8,13-14,18,20H,9-12,15H2,1-2H3,(H,29,33)(H,34,35)(H,28,30,31)/t18-,20+/m0/s1. The van der Waals surface area contributed by atoms with E-state index in [0.717, 1.165) is 5.56 Å². The van der Waals surface area contributed by atoms with Gasteiger partial charge in [-0.15, -0.1) is 0 Å². The van der Waals surface area contributed by atoms with Gasteiger partial charge in [-0.2, -0.15) is 15.4 Å². The number of aromatic nitrogens is 3. The lowest BCUT2D eigenvalue weighted by Crippen LogP contribution is -2.40. The van der Waals surface area contributed by atoms with Gasteiger partial charge in [0.05, 0.1) is 25.3 Å². The fraction of sp³-hybridized carbons (Fsp3) is 0.360. The van der Waals surface area contributed by atoms with Crippen LogP contribution in [0.4, 0.5) is 4.39 Å². The summed E-state index contributed by atoms with van der Waals surface area (Å²) >= 11 is 6.01. The van der Waals surface area contributed by atoms with Gasteiger partial charge in [0, 0.05) is 23.2 Å². The Balaban J connectivity index is 1.74. The molecule has 1 heterocycles. The molecular formula is C25H29ClFN5O4. The Morgan fingerprint density at radius 1 is 1.22 bits per heavy atom. The van der Waals surface area contributed by atoms with Crippen molar-refractivity contribution in [2.24, 2.45) is 5.92 Å². The first-order valence-electron chi connectivity index (χ1n) is 11.4. The van der Waals surface area contributed by atoms with E-state index in [-0.39, 0.29) is 24.5 Å². The number of hydrogen-bond donors (Lipinski definition) is 3. The molecule has 36 heavy (non-hydrogen) atoms. The summed E-state index contributed by atoms with van der Waals surface area (Å²) in [6.45, 7) is 1.08. The Hall–Kier alpha value is -3.34. The van der Waals surface area contributed by atoms with E-state index in [1.165, 1.54) is 18.3 Å². The number of carboxylic acids is 1. The van der Waals surface area contributed by atoms with Crippen LogP contribution in [0.1, 0.15) is 22.5 Å². The molecule has 3 aromatic rings. The smallest absolute Gasteiger partial charge is 0.308 e. The molecule has 0 saturated carbocycles. The van der Waals surface area contributed by atoms with E-state index in [4.69, 9.17) is 16.3 Å². The number of nitrogens with one attached hydrogen (secondary N) is 2. The average molecular weight is 518 g/mol. The number of hydrogen-bond acceptors (Lipinski definition) is 6. The molecule has 0 aliphatic carbocycles. The maximum atomic E-state index is 14.2. The van der Waals surface area contributed by atoms with E-state index in [0.29, 0.717) is 35.7 Å². The van der Waals surface area contributed by atoms with Crippen molar-refractivity contribution in [2.45, 2.75) is 18.9 Å². The molecule has 1 aromatic heterocycles. The third-order valence-corrected chi connectivity index (χ3v) is 5.81. The zero-order chi connectivity index (χ0) is 26.1. The highest BCUT2D eigenvalue weighted by Gasteiger charge is 2.25. The van der Waals surface area contributed by atoms with Gasteiger partial charge in [-0.3, -0.25) is 9.59 Å². The van der Waals surface area contributed by atoms with Crippen molar-refractivity contribution in [3.05, 3.63) is 70.8 Å². The molecule has 9 nitrogen and oxygen atoms in total. The van der Waals surface area contributed by atoms with Crippen LogP contribution in [0, 0.1) is 11.7 Å². The zero-order valence-electron chi connectivity index (χ0n) is 20.1. The molecule has 0 aliphatic rings. The van der Waals surface area contributed by atoms with Gasteiger partial charge in [0.2, 0.25) is 0 Å². The lowest BCUT2D eigenvalue weighted by atomic mass is 9.94. The van der Waals surface area contributed by atoms with Crippen LogP contribution >= 0.6 is 11.6 Å². The first kappa shape index (κ1) is 27.3. The molecule has 0 fully saturated rings. The summed E-state index contributed by atoms with van der Waals surface area (Å²) in [5.41, 5.74) is 1.97. The molecule has 1 amide bonds. The van der Waals surface area contributed by atoms with Crippen LogP contribution in [-0.4, -0.2) is 77.2 Å². The summed E-state index contributed by atoms with van der Waals surface area (Å²) in [6, 6.07) is 11.0. The van der Waals surface area contributed by atoms with Crippen LogP contribution in [0.2, 0.25) is 5.02 Å². The predicted molar refractivity (Wildman–Crippen MR) is 133 cm³/mol. The summed E-state index contributed by atoms with van der Waals surface area (Å²) in [5, 5.41) is 22.9. The molecule has 0 saturated heterocycles. The second-order valence-electron chi connectivity index (χ2n) is 8.70. The molecule has 2 aromatic carbocycles. The normalized spacial score (nSPS) is 12.9. The molecule has 3 rings (SSSR count). The van der Waals surface area contributed by atoms with Crippen molar-refractivity contribution < 1.29 is 23.8 Å². The lowest BCUT2D eigenvalue weighted by molar-refractivity contribution is -0.144. The minimum atomic E-state index is -1.01. The molecular weight excluding hydrogens is 489 g/mol. The van der Waals surface area contributed by atoms with Crippen LogP contribution in [-0.2, 0) is 16.0 Å². The largest absolute Gasteiger partial charge is 0.481 e. The Morgan fingerprint density at radius 2 is 1.97 bits per heavy atom. The first-order chi connectivity index (χ1) is 17.2. The fourth-order valence-electron chi connectivity index (χ4n) is 3.64. The summed E-state index contributed by atoms with van der Waals surface area (Å²) in [6.07, 6.45) is 1.79. The Labute approximate surface area is 213 Å². The van der Waals surface area contributed by atoms with Crippen molar-refractivity contribution in [3.63, 3.8) is 0 Å². The van der Waals surface area contributed by atoms with Gasteiger partial charge >= 0.3 is 5.97 Å². The SMILES string of the molecule is CN(C)CCOC[C@H](C[C@@H](Cc1ccc(-c2cc(Cl)ccc2F)cc1)NC(=O)c1cn[nH]n1)C(=O)O. The van der Waals surface area contributed by atoms with Crippen LogP contribution in [0.25, 0.3) is 11.1 Å². The van der Waals surface area contributed by atoms with E-state index in [1.54, 1.807) is 18.2 Å². The number of likely N-dealkylation sites (N-methyl/N-ethyl adjacent to an activating group) is 1. The molecule has 0 unspecified atom stereocenters. The monoisotopic (exact) mass is 517 g/mol. The fourth-order valence-corrected chi connectivity index (χ4v) is 3.82. The number of rotatable bonds is 13. The van der Waals surface area contributed by atoms with Gasteiger partial charge in [-0.05, 0) is 56.3 Å². The molecule has 0 spiro atoms. The number of aliphatic carboxylic acids is 1. The summed E-state index contributed by atoms with van der Waals surface area (Å²) in [7, 11) is 3.80. The van der Waals surface area contributed by atoms with Gasteiger partial charge < -0.3 is 20.1 Å². The highest BCUT2D eigenvalue weighted by molar-refractivity contribution is 6.30. The van der Waals surface area contributed by atoms with Crippen LogP contribution in [0.5, 0.6) is 0 Å². The highest BCUT2D eigenvalue weighted by Crippen LogP contribution is 2.27. The molecule has 2 atom stereocenters. The molecule has 192 valence electrons. The van der Waals surface area contributed by atoms with Gasteiger partial charge in [-0.25, -0.2) is 4.39 Å². The molecule has 0 aliphatic heterocycles. The van der Waals surface area contributed by atoms with E-state index in [1.807, 2.05) is 31.1 Å². The highest BCUT2D eigenvalue weighted by atomic mass is 35.5. The minimum absolute atomic E-state index is 0.0203. The number of ether oxygens (including phenoxy) is 1. The van der Waals surface area contributed by atoms with Crippen molar-refractivity contribution in [2.75, 3.05) is 33.9 Å². The number of carboxylic acid groups (broad SMARTS) is 1. The third-order valence-electron chi connectivity index (χ3n) is 5.58. The third kappa shape index (κ3) is 8.11. The number of aromatic amines is 1. The van der Waals surface area contributed by atoms with Crippen LogP contribution < -0.4 is 5.32 Å². The Bertz CT molecular complexity index is 1140. The topological polar surface area (TPSA) is 120 Å². The molecule has 0 bridgehead atoms. The number of carbonyl (C=O) groups excluding carboxylic acids is 1. The van der Waals surface area contributed by atoms with Crippen molar-refractivity contribution in [3.8, 4) is 11.1 Å². The van der Waals surface area contributed by atoms with E-state index in [9.17, 15) is 19.1 Å². The molecule has 0 radical (unpaired) electrons. The Kier molecular flexibility index (Phi) is 9.92. The quantitative estimate of drug-likeness (QED) is 0.297. The van der Waals surface area contributed by atoms with E-state index in [2.05, 4.69) is 20.7 Å². The lowest BCUT2D eigenvalue weighted by Gasteiger charge is -2.23. The summed E-state index contributed by atoms with van der Waals surface area (Å²) in [4.78, 5) is 26.5. The maximum Gasteiger partial charge on any atom is 0.308 e. The second-order valence-corrected chi connectivity index (χ2v) is 9.14. The summed E-state index contributed by atoms with van der Waals surface area (Å²) < 4.78 is 19.8. The molecule has 3 N–H and O–H groups in total. The van der Waals surface area contributed by atoms with E-state index >= 15 is 0 Å². The predicted octanol–water partition coefficient (Wildman–Crippen LogP) is 3.27.